The lowest BCUT2D eigenvalue weighted by Gasteiger charge is -1.92. The van der Waals surface area contributed by atoms with Crippen molar-refractivity contribution < 1.29 is 4.79 Å². The van der Waals surface area contributed by atoms with Gasteiger partial charge >= 0.3 is 0 Å². The van der Waals surface area contributed by atoms with E-state index in [9.17, 15) is 4.79 Å². The van der Waals surface area contributed by atoms with Crippen LogP contribution in [0.25, 0.3) is 0 Å². The van der Waals surface area contributed by atoms with Gasteiger partial charge in [-0.2, -0.15) is 0 Å². The maximum Gasteiger partial charge on any atom is 0.258 e. The summed E-state index contributed by atoms with van der Waals surface area (Å²) in [7, 11) is 1.60. The highest BCUT2D eigenvalue weighted by Crippen LogP contribution is 1.99. The summed E-state index contributed by atoms with van der Waals surface area (Å²) in [6, 6.07) is 0. The molecule has 0 aromatic heterocycles. The first-order valence-corrected chi connectivity index (χ1v) is 2.70. The molecule has 0 spiro atoms. The highest BCUT2D eigenvalue weighted by molar-refractivity contribution is 5.96. The monoisotopic (exact) mass is 121 g/mol. The first kappa shape index (κ1) is 5.86. The van der Waals surface area contributed by atoms with E-state index in [-0.39, 0.29) is 5.91 Å². The molecule has 2 heteroatoms. The lowest BCUT2D eigenvalue weighted by molar-refractivity contribution is -0.116. The molecule has 1 N–H and O–H groups in total. The molecule has 0 aromatic rings. The summed E-state index contributed by atoms with van der Waals surface area (Å²) >= 11 is 0. The Hall–Kier alpha value is -1.27. The Bertz CT molecular complexity index is 219. The molecule has 0 radical (unpaired) electrons. The minimum absolute atomic E-state index is 0.0833. The average Bonchev–Trinajstić information content (AvgIpc) is 2.37. The molecular weight excluding hydrogens is 114 g/mol. The van der Waals surface area contributed by atoms with Gasteiger partial charge in [0, 0.05) is 7.05 Å². The number of hydrogen-bond acceptors (Lipinski definition) is 1. The number of amides is 1. The molecule has 2 nitrogen and oxygen atoms in total. The van der Waals surface area contributed by atoms with Crippen LogP contribution in [0.5, 0.6) is 0 Å². The Kier molecular flexibility index (Phi) is 1.52. The average molecular weight is 121 g/mol. The number of allylic oxidation sites excluding steroid dienone is 1. The summed E-state index contributed by atoms with van der Waals surface area (Å²) in [5, 5.41) is 2.50. The number of likely N-dealkylation sites (N-methyl/N-ethyl adjacent to an activating group) is 1. The Morgan fingerprint density at radius 2 is 2.56 bits per heavy atom. The molecule has 1 aliphatic rings. The van der Waals surface area contributed by atoms with Crippen molar-refractivity contribution >= 4 is 5.91 Å². The summed E-state index contributed by atoms with van der Waals surface area (Å²) < 4.78 is 0. The number of nitrogens with one attached hydrogen (secondary N) is 1. The third-order valence-electron chi connectivity index (χ3n) is 1.07. The van der Waals surface area contributed by atoms with Crippen LogP contribution in [0.15, 0.2) is 29.5 Å². The van der Waals surface area contributed by atoms with Crippen LogP contribution in [0.2, 0.25) is 0 Å². The molecule has 0 saturated carbocycles. The van der Waals surface area contributed by atoms with E-state index in [1.165, 1.54) is 0 Å². The highest BCUT2D eigenvalue weighted by atomic mass is 16.1. The Labute approximate surface area is 53.6 Å². The lowest BCUT2D eigenvalue weighted by Crippen LogP contribution is -2.18. The molecule has 0 heterocycles. The van der Waals surface area contributed by atoms with Crippen LogP contribution in [-0.2, 0) is 4.79 Å². The fourth-order valence-corrected chi connectivity index (χ4v) is 0.606. The molecular formula is C7H7NO. The van der Waals surface area contributed by atoms with Gasteiger partial charge in [-0.1, -0.05) is 6.08 Å². The molecule has 1 rings (SSSR count). The largest absolute Gasteiger partial charge is 0.355 e. The van der Waals surface area contributed by atoms with Gasteiger partial charge in [-0.15, -0.1) is 5.73 Å². The maximum atomic E-state index is 10.7. The predicted molar refractivity (Wildman–Crippen MR) is 34.8 cm³/mol. The van der Waals surface area contributed by atoms with E-state index >= 15 is 0 Å². The smallest absolute Gasteiger partial charge is 0.258 e. The minimum atomic E-state index is -0.0833. The van der Waals surface area contributed by atoms with Crippen molar-refractivity contribution in [3.63, 3.8) is 0 Å². The van der Waals surface area contributed by atoms with E-state index in [1.807, 2.05) is 0 Å². The molecule has 1 amide bonds. The molecule has 0 aromatic carbocycles. The Balaban J connectivity index is 2.75. The second-order valence-electron chi connectivity index (χ2n) is 1.66. The number of carbonyl (C=O) groups is 1. The molecule has 0 unspecified atom stereocenters. The molecule has 0 atom stereocenters. The second kappa shape index (κ2) is 2.33. The van der Waals surface area contributed by atoms with Crippen molar-refractivity contribution in [3.05, 3.63) is 29.5 Å². The van der Waals surface area contributed by atoms with E-state index in [4.69, 9.17) is 0 Å². The summed E-state index contributed by atoms with van der Waals surface area (Å²) in [6.07, 6.45) is 5.22. The van der Waals surface area contributed by atoms with Crippen LogP contribution in [0.4, 0.5) is 0 Å². The lowest BCUT2D eigenvalue weighted by atomic mass is 10.3. The third-order valence-corrected chi connectivity index (χ3v) is 1.07. The van der Waals surface area contributed by atoms with E-state index in [1.54, 1.807) is 25.3 Å². The van der Waals surface area contributed by atoms with Gasteiger partial charge in [0.15, 0.2) is 0 Å². The highest BCUT2D eigenvalue weighted by Gasteiger charge is 2.02. The van der Waals surface area contributed by atoms with Crippen molar-refractivity contribution in [1.29, 1.82) is 0 Å². The number of carbonyl (C=O) groups excluding carboxylic acids is 1. The van der Waals surface area contributed by atoms with Crippen LogP contribution in [0, 0.1) is 0 Å². The normalized spacial score (nSPS) is 13.7. The Morgan fingerprint density at radius 3 is 3.00 bits per heavy atom. The van der Waals surface area contributed by atoms with Gasteiger partial charge in [0.05, 0.1) is 5.57 Å². The van der Waals surface area contributed by atoms with Crippen LogP contribution in [0.3, 0.4) is 0 Å². The second-order valence-corrected chi connectivity index (χ2v) is 1.66. The maximum absolute atomic E-state index is 10.7. The molecule has 0 aliphatic heterocycles. The first-order valence-electron chi connectivity index (χ1n) is 2.70. The molecule has 9 heavy (non-hydrogen) atoms. The van der Waals surface area contributed by atoms with E-state index in [2.05, 4.69) is 11.0 Å². The van der Waals surface area contributed by atoms with E-state index in [0.29, 0.717) is 5.57 Å². The van der Waals surface area contributed by atoms with Crippen molar-refractivity contribution in [2.24, 2.45) is 0 Å². The van der Waals surface area contributed by atoms with E-state index in [0.717, 1.165) is 0 Å². The zero-order valence-corrected chi connectivity index (χ0v) is 5.14. The van der Waals surface area contributed by atoms with Gasteiger partial charge in [-0.3, -0.25) is 4.79 Å². The summed E-state index contributed by atoms with van der Waals surface area (Å²) in [5.74, 6) is -0.0833. The van der Waals surface area contributed by atoms with E-state index < -0.39 is 0 Å². The van der Waals surface area contributed by atoms with Crippen molar-refractivity contribution in [2.45, 2.75) is 0 Å². The third kappa shape index (κ3) is 1.09. The molecule has 0 saturated heterocycles. The summed E-state index contributed by atoms with van der Waals surface area (Å²) in [5.41, 5.74) is 3.37. The Morgan fingerprint density at radius 1 is 1.78 bits per heavy atom. The van der Waals surface area contributed by atoms with Crippen molar-refractivity contribution in [1.82, 2.24) is 5.32 Å². The van der Waals surface area contributed by atoms with Gasteiger partial charge in [-0.05, 0) is 12.2 Å². The fraction of sp³-hybridized carbons (Fsp3) is 0.143. The number of hydrogen-bond donors (Lipinski definition) is 1. The topological polar surface area (TPSA) is 29.1 Å². The van der Waals surface area contributed by atoms with Crippen LogP contribution < -0.4 is 5.32 Å². The zero-order chi connectivity index (χ0) is 6.69. The standard InChI is InChI=1S/C7H7NO/c1-8-7(9)6-4-2-3-5-6/h2-4H,1H3,(H,8,9). The molecule has 46 valence electrons. The summed E-state index contributed by atoms with van der Waals surface area (Å²) in [6.45, 7) is 0. The van der Waals surface area contributed by atoms with Crippen molar-refractivity contribution in [2.75, 3.05) is 7.05 Å². The SMILES string of the molecule is CNC(=O)C1=C=CC=C1. The number of rotatable bonds is 1. The summed E-state index contributed by atoms with van der Waals surface area (Å²) in [4.78, 5) is 10.7. The molecule has 1 aliphatic carbocycles. The quantitative estimate of drug-likeness (QED) is 0.499. The van der Waals surface area contributed by atoms with Gasteiger partial charge in [-0.25, -0.2) is 0 Å². The van der Waals surface area contributed by atoms with Crippen LogP contribution in [-0.4, -0.2) is 13.0 Å². The fourth-order valence-electron chi connectivity index (χ4n) is 0.606. The van der Waals surface area contributed by atoms with Crippen LogP contribution >= 0.6 is 0 Å². The minimum Gasteiger partial charge on any atom is -0.355 e. The first-order chi connectivity index (χ1) is 4.34. The zero-order valence-electron chi connectivity index (χ0n) is 5.14. The predicted octanol–water partition coefficient (Wildman–Crippen LogP) is 0.384. The van der Waals surface area contributed by atoms with Gasteiger partial charge in [0.25, 0.3) is 5.91 Å². The van der Waals surface area contributed by atoms with Crippen molar-refractivity contribution in [3.8, 4) is 0 Å². The van der Waals surface area contributed by atoms with Gasteiger partial charge in [0.1, 0.15) is 0 Å². The van der Waals surface area contributed by atoms with Crippen LogP contribution in [0.1, 0.15) is 0 Å². The van der Waals surface area contributed by atoms with Gasteiger partial charge < -0.3 is 5.32 Å². The molecule has 0 bridgehead atoms. The molecule has 0 fully saturated rings. The van der Waals surface area contributed by atoms with Gasteiger partial charge in [0.2, 0.25) is 0 Å².